The lowest BCUT2D eigenvalue weighted by molar-refractivity contribution is -0.111. The number of carbonyl (C=O) groups excluding carboxylic acids is 1. The van der Waals surface area contributed by atoms with Gasteiger partial charge in [-0.15, -0.1) is 0 Å². The first-order valence-electron chi connectivity index (χ1n) is 10.2. The van der Waals surface area contributed by atoms with Crippen molar-refractivity contribution < 1.29 is 13.9 Å². The number of aromatic nitrogens is 2. The molecule has 7 nitrogen and oxygen atoms in total. The molecule has 0 bridgehead atoms. The Hall–Kier alpha value is -3.23. The zero-order valence-electron chi connectivity index (χ0n) is 18.2. The summed E-state index contributed by atoms with van der Waals surface area (Å²) < 4.78 is 18.9. The number of nitrogens with zero attached hydrogens (tertiary/aromatic N) is 3. The van der Waals surface area contributed by atoms with Crippen LogP contribution in [0.25, 0.3) is 10.9 Å². The molecule has 2 aromatic carbocycles. The van der Waals surface area contributed by atoms with Gasteiger partial charge in [0.1, 0.15) is 23.7 Å². The van der Waals surface area contributed by atoms with Crippen LogP contribution in [0.5, 0.6) is 5.75 Å². The summed E-state index contributed by atoms with van der Waals surface area (Å²) in [4.78, 5) is 23.2. The molecule has 0 saturated carbocycles. The van der Waals surface area contributed by atoms with Gasteiger partial charge in [-0.3, -0.25) is 4.79 Å². The smallest absolute Gasteiger partial charge is 0.248 e. The van der Waals surface area contributed by atoms with Crippen LogP contribution >= 0.6 is 11.6 Å². The number of amides is 1. The molecule has 0 spiro atoms. The Labute approximate surface area is 191 Å². The largest absolute Gasteiger partial charge is 0.494 e. The van der Waals surface area contributed by atoms with Crippen molar-refractivity contribution >= 4 is 45.6 Å². The van der Waals surface area contributed by atoms with Crippen LogP contribution in [0.15, 0.2) is 48.8 Å². The third-order valence-corrected chi connectivity index (χ3v) is 5.21. The minimum atomic E-state index is -0.506. The molecule has 0 aliphatic rings. The van der Waals surface area contributed by atoms with Crippen molar-refractivity contribution in [3.05, 3.63) is 59.7 Å². The Morgan fingerprint density at radius 3 is 2.69 bits per heavy atom. The second kappa shape index (κ2) is 10.9. The molecular weight excluding hydrogens is 433 g/mol. The maximum Gasteiger partial charge on any atom is 0.248 e. The minimum Gasteiger partial charge on any atom is -0.494 e. The van der Waals surface area contributed by atoms with Crippen LogP contribution in [0.3, 0.4) is 0 Å². The van der Waals surface area contributed by atoms with Gasteiger partial charge in [-0.25, -0.2) is 14.4 Å². The molecule has 0 radical (unpaired) electrons. The number of methoxy groups -OCH3 is 1. The number of benzene rings is 2. The van der Waals surface area contributed by atoms with E-state index in [1.807, 2.05) is 6.08 Å². The molecule has 0 aliphatic heterocycles. The van der Waals surface area contributed by atoms with Crippen molar-refractivity contribution in [1.29, 1.82) is 0 Å². The van der Waals surface area contributed by atoms with Crippen LogP contribution in [-0.4, -0.2) is 47.5 Å². The Bertz CT molecular complexity index is 1130. The predicted octanol–water partition coefficient (Wildman–Crippen LogP) is 5.01. The molecule has 32 heavy (non-hydrogen) atoms. The summed E-state index contributed by atoms with van der Waals surface area (Å²) in [5, 5.41) is 6.61. The summed E-state index contributed by atoms with van der Waals surface area (Å²) in [5.41, 5.74) is 1.66. The molecule has 0 saturated heterocycles. The number of anilines is 3. The lowest BCUT2D eigenvalue weighted by Gasteiger charge is -2.15. The molecule has 3 rings (SSSR count). The quantitative estimate of drug-likeness (QED) is 0.440. The maximum atomic E-state index is 13.5. The van der Waals surface area contributed by atoms with Gasteiger partial charge in [-0.1, -0.05) is 31.5 Å². The van der Waals surface area contributed by atoms with Gasteiger partial charge in [0.15, 0.2) is 0 Å². The molecule has 0 unspecified atom stereocenters. The molecule has 168 valence electrons. The van der Waals surface area contributed by atoms with Gasteiger partial charge in [-0.05, 0) is 37.4 Å². The molecular formula is C23H25ClFN5O2. The van der Waals surface area contributed by atoms with Crippen LogP contribution in [0.2, 0.25) is 5.02 Å². The molecule has 0 fully saturated rings. The lowest BCUT2D eigenvalue weighted by atomic mass is 10.1. The Morgan fingerprint density at radius 2 is 2.00 bits per heavy atom. The Morgan fingerprint density at radius 1 is 1.22 bits per heavy atom. The van der Waals surface area contributed by atoms with Gasteiger partial charge in [-0.2, -0.15) is 0 Å². The highest BCUT2D eigenvalue weighted by Gasteiger charge is 2.13. The molecule has 0 aliphatic carbocycles. The minimum absolute atomic E-state index is 0.000479. The number of rotatable bonds is 9. The van der Waals surface area contributed by atoms with E-state index < -0.39 is 5.82 Å². The van der Waals surface area contributed by atoms with Crippen LogP contribution < -0.4 is 15.4 Å². The van der Waals surface area contributed by atoms with E-state index in [0.717, 1.165) is 13.1 Å². The van der Waals surface area contributed by atoms with E-state index in [0.29, 0.717) is 40.4 Å². The van der Waals surface area contributed by atoms with Crippen LogP contribution in [0, 0.1) is 5.82 Å². The first-order chi connectivity index (χ1) is 15.4. The highest BCUT2D eigenvalue weighted by Crippen LogP contribution is 2.33. The van der Waals surface area contributed by atoms with Gasteiger partial charge in [0.2, 0.25) is 5.91 Å². The van der Waals surface area contributed by atoms with Crippen molar-refractivity contribution in [3.8, 4) is 5.75 Å². The molecule has 1 amide bonds. The van der Waals surface area contributed by atoms with Gasteiger partial charge in [0.05, 0.1) is 23.3 Å². The summed E-state index contributed by atoms with van der Waals surface area (Å²) in [6.07, 6.45) is 4.73. The van der Waals surface area contributed by atoms with Gasteiger partial charge < -0.3 is 20.3 Å². The fourth-order valence-corrected chi connectivity index (χ4v) is 3.31. The fraction of sp³-hybridized carbons (Fsp3) is 0.261. The van der Waals surface area contributed by atoms with Gasteiger partial charge in [0, 0.05) is 29.8 Å². The van der Waals surface area contributed by atoms with Crippen LogP contribution in [0.1, 0.15) is 13.8 Å². The average Bonchev–Trinajstić information content (AvgIpc) is 2.79. The number of hydrogen-bond donors (Lipinski definition) is 2. The SMILES string of the molecule is CCN(CC)C/C=C/C(=O)Nc1cc2c(Nc3ccc(F)c(Cl)c3)ncnc2cc1OC. The zero-order valence-corrected chi connectivity index (χ0v) is 18.9. The number of nitrogens with one attached hydrogen (secondary N) is 2. The maximum absolute atomic E-state index is 13.5. The molecule has 1 aromatic heterocycles. The summed E-state index contributed by atoms with van der Waals surface area (Å²) in [6.45, 7) is 6.67. The van der Waals surface area contributed by atoms with Crippen molar-refractivity contribution in [1.82, 2.24) is 14.9 Å². The van der Waals surface area contributed by atoms with Crippen LogP contribution in [0.4, 0.5) is 21.6 Å². The predicted molar refractivity (Wildman–Crippen MR) is 126 cm³/mol. The highest BCUT2D eigenvalue weighted by atomic mass is 35.5. The number of hydrogen-bond acceptors (Lipinski definition) is 6. The molecule has 0 atom stereocenters. The van der Waals surface area contributed by atoms with Gasteiger partial charge >= 0.3 is 0 Å². The number of fused-ring (bicyclic) bond motifs is 1. The van der Waals surface area contributed by atoms with E-state index >= 15 is 0 Å². The highest BCUT2D eigenvalue weighted by molar-refractivity contribution is 6.31. The lowest BCUT2D eigenvalue weighted by Crippen LogP contribution is -2.23. The fourth-order valence-electron chi connectivity index (χ4n) is 3.13. The van der Waals surface area contributed by atoms with E-state index in [2.05, 4.69) is 39.3 Å². The van der Waals surface area contributed by atoms with E-state index in [1.54, 1.807) is 18.2 Å². The van der Waals surface area contributed by atoms with Crippen molar-refractivity contribution in [2.75, 3.05) is 37.4 Å². The van der Waals surface area contributed by atoms with Crippen LogP contribution in [-0.2, 0) is 4.79 Å². The van der Waals surface area contributed by atoms with Crippen molar-refractivity contribution in [2.45, 2.75) is 13.8 Å². The standard InChI is InChI=1S/C23H25ClFN5O2/c1-4-30(5-2)10-6-7-22(31)29-20-12-16-19(13-21(20)32-3)26-14-27-23(16)28-15-8-9-18(25)17(24)11-15/h6-9,11-14H,4-5,10H2,1-3H3,(H,29,31)(H,26,27,28)/b7-6+. The molecule has 2 N–H and O–H groups in total. The summed E-state index contributed by atoms with van der Waals surface area (Å²) >= 11 is 5.88. The van der Waals surface area contributed by atoms with E-state index in [-0.39, 0.29) is 10.9 Å². The summed E-state index contributed by atoms with van der Waals surface area (Å²) in [6, 6.07) is 7.75. The zero-order chi connectivity index (χ0) is 23.1. The van der Waals surface area contributed by atoms with Crippen molar-refractivity contribution in [3.63, 3.8) is 0 Å². The number of likely N-dealkylation sites (N-methyl/N-ethyl adjacent to an activating group) is 1. The third kappa shape index (κ3) is 5.72. The molecule has 3 aromatic rings. The van der Waals surface area contributed by atoms with E-state index in [9.17, 15) is 9.18 Å². The van der Waals surface area contributed by atoms with E-state index in [4.69, 9.17) is 16.3 Å². The normalized spacial score (nSPS) is 11.3. The van der Waals surface area contributed by atoms with E-state index in [1.165, 1.54) is 31.6 Å². The molecule has 9 heteroatoms. The summed E-state index contributed by atoms with van der Waals surface area (Å²) in [7, 11) is 1.52. The third-order valence-electron chi connectivity index (χ3n) is 4.92. The second-order valence-corrected chi connectivity index (χ2v) is 7.33. The first-order valence-corrected chi connectivity index (χ1v) is 10.6. The Kier molecular flexibility index (Phi) is 7.97. The van der Waals surface area contributed by atoms with Gasteiger partial charge in [0.25, 0.3) is 0 Å². The number of ether oxygens (including phenoxy) is 1. The summed E-state index contributed by atoms with van der Waals surface area (Å²) in [5.74, 6) is 0.172. The monoisotopic (exact) mass is 457 g/mol. The first kappa shape index (κ1) is 23.4. The molecule has 1 heterocycles. The number of carbonyl (C=O) groups is 1. The Balaban J connectivity index is 1.88. The number of halogens is 2. The van der Waals surface area contributed by atoms with Crippen molar-refractivity contribution in [2.24, 2.45) is 0 Å². The average molecular weight is 458 g/mol. The topological polar surface area (TPSA) is 79.4 Å². The second-order valence-electron chi connectivity index (χ2n) is 6.92.